The Morgan fingerprint density at radius 1 is 1.54 bits per heavy atom. The highest BCUT2D eigenvalue weighted by Crippen LogP contribution is 2.09. The molecule has 4 nitrogen and oxygen atoms in total. The third kappa shape index (κ3) is 3.40. The van der Waals surface area contributed by atoms with Gasteiger partial charge < -0.3 is 10.4 Å². The van der Waals surface area contributed by atoms with Gasteiger partial charge in [-0.2, -0.15) is 4.37 Å². The first-order valence-electron chi connectivity index (χ1n) is 4.00. The zero-order valence-electron chi connectivity index (χ0n) is 7.37. The standard InChI is InChI=1S/C8H11N3OS/c1-2-7-10-8(13-11-7)9-5-3-4-6-12/h12H,2,5-6H2,1H3,(H,9,10,11). The van der Waals surface area contributed by atoms with Crippen LogP contribution < -0.4 is 5.32 Å². The predicted molar refractivity (Wildman–Crippen MR) is 52.6 cm³/mol. The van der Waals surface area contributed by atoms with E-state index in [0.29, 0.717) is 6.54 Å². The van der Waals surface area contributed by atoms with Gasteiger partial charge in [0.05, 0.1) is 6.54 Å². The van der Waals surface area contributed by atoms with Crippen molar-refractivity contribution in [2.45, 2.75) is 13.3 Å². The van der Waals surface area contributed by atoms with Crippen LogP contribution in [-0.2, 0) is 6.42 Å². The van der Waals surface area contributed by atoms with Crippen molar-refractivity contribution in [3.05, 3.63) is 5.82 Å². The van der Waals surface area contributed by atoms with Gasteiger partial charge in [0.15, 0.2) is 0 Å². The van der Waals surface area contributed by atoms with Gasteiger partial charge in [-0.15, -0.1) is 0 Å². The van der Waals surface area contributed by atoms with Crippen LogP contribution in [0.5, 0.6) is 0 Å². The van der Waals surface area contributed by atoms with Gasteiger partial charge >= 0.3 is 0 Å². The quantitative estimate of drug-likeness (QED) is 0.693. The van der Waals surface area contributed by atoms with Gasteiger partial charge in [-0.1, -0.05) is 18.8 Å². The van der Waals surface area contributed by atoms with Crippen LogP contribution >= 0.6 is 11.5 Å². The lowest BCUT2D eigenvalue weighted by molar-refractivity contribution is 0.350. The van der Waals surface area contributed by atoms with E-state index < -0.39 is 0 Å². The highest BCUT2D eigenvalue weighted by molar-refractivity contribution is 7.09. The van der Waals surface area contributed by atoms with Crippen LogP contribution in [-0.4, -0.2) is 27.6 Å². The molecule has 0 amide bonds. The van der Waals surface area contributed by atoms with Crippen LogP contribution in [0, 0.1) is 11.8 Å². The average Bonchev–Trinajstić information content (AvgIpc) is 2.60. The Kier molecular flexibility index (Phi) is 4.23. The Labute approximate surface area is 81.2 Å². The maximum absolute atomic E-state index is 8.38. The Bertz CT molecular complexity index is 313. The molecule has 0 aliphatic carbocycles. The first kappa shape index (κ1) is 9.96. The van der Waals surface area contributed by atoms with Crippen molar-refractivity contribution in [2.24, 2.45) is 0 Å². The molecule has 0 bridgehead atoms. The van der Waals surface area contributed by atoms with Crippen LogP contribution in [0.2, 0.25) is 0 Å². The van der Waals surface area contributed by atoms with Crippen LogP contribution in [0.3, 0.4) is 0 Å². The summed E-state index contributed by atoms with van der Waals surface area (Å²) < 4.78 is 4.10. The van der Waals surface area contributed by atoms with Gasteiger partial charge in [0, 0.05) is 18.0 Å². The normalized spacial score (nSPS) is 9.08. The van der Waals surface area contributed by atoms with Gasteiger partial charge in [-0.3, -0.25) is 0 Å². The van der Waals surface area contributed by atoms with E-state index in [-0.39, 0.29) is 6.61 Å². The van der Waals surface area contributed by atoms with Crippen LogP contribution in [0.25, 0.3) is 0 Å². The molecule has 0 unspecified atom stereocenters. The first-order chi connectivity index (χ1) is 6.36. The van der Waals surface area contributed by atoms with Crippen LogP contribution in [0.15, 0.2) is 0 Å². The molecule has 0 atom stereocenters. The highest BCUT2D eigenvalue weighted by atomic mass is 32.1. The van der Waals surface area contributed by atoms with Crippen molar-refractivity contribution in [3.8, 4) is 11.8 Å². The van der Waals surface area contributed by atoms with Gasteiger partial charge in [0.2, 0.25) is 5.13 Å². The summed E-state index contributed by atoms with van der Waals surface area (Å²) in [6.07, 6.45) is 0.848. The van der Waals surface area contributed by atoms with Crippen molar-refractivity contribution in [1.82, 2.24) is 9.36 Å². The topological polar surface area (TPSA) is 58.0 Å². The molecule has 1 rings (SSSR count). The van der Waals surface area contributed by atoms with Crippen molar-refractivity contribution >= 4 is 16.7 Å². The molecule has 0 aromatic carbocycles. The number of rotatable bonds is 3. The molecule has 0 saturated carbocycles. The summed E-state index contributed by atoms with van der Waals surface area (Å²) in [7, 11) is 0. The lowest BCUT2D eigenvalue weighted by Gasteiger charge is -1.91. The van der Waals surface area contributed by atoms with E-state index in [9.17, 15) is 0 Å². The lowest BCUT2D eigenvalue weighted by Crippen LogP contribution is -1.98. The summed E-state index contributed by atoms with van der Waals surface area (Å²) >= 11 is 1.33. The van der Waals surface area contributed by atoms with E-state index >= 15 is 0 Å². The van der Waals surface area contributed by atoms with Crippen LogP contribution in [0.1, 0.15) is 12.7 Å². The fourth-order valence-corrected chi connectivity index (χ4v) is 1.35. The Morgan fingerprint density at radius 3 is 3.00 bits per heavy atom. The molecule has 0 fully saturated rings. The van der Waals surface area contributed by atoms with E-state index in [1.807, 2.05) is 6.92 Å². The minimum Gasteiger partial charge on any atom is -0.384 e. The molecule has 0 saturated heterocycles. The molecule has 1 aromatic heterocycles. The second-order valence-corrected chi connectivity index (χ2v) is 2.99. The SMILES string of the molecule is CCc1nsc(NCC#CCO)n1. The van der Waals surface area contributed by atoms with Gasteiger partial charge in [0.1, 0.15) is 12.4 Å². The van der Waals surface area contributed by atoms with E-state index in [0.717, 1.165) is 17.4 Å². The molecule has 2 N–H and O–H groups in total. The monoisotopic (exact) mass is 197 g/mol. The molecule has 1 aromatic rings. The minimum absolute atomic E-state index is 0.0992. The molecular weight excluding hydrogens is 186 g/mol. The number of hydrogen-bond donors (Lipinski definition) is 2. The molecule has 0 aliphatic heterocycles. The summed E-state index contributed by atoms with van der Waals surface area (Å²) in [6, 6.07) is 0. The molecule has 5 heteroatoms. The average molecular weight is 197 g/mol. The van der Waals surface area contributed by atoms with Gasteiger partial charge in [-0.05, 0) is 0 Å². The number of aliphatic hydroxyl groups is 1. The third-order valence-electron chi connectivity index (χ3n) is 1.32. The maximum Gasteiger partial charge on any atom is 0.203 e. The first-order valence-corrected chi connectivity index (χ1v) is 4.77. The Balaban J connectivity index is 2.36. The third-order valence-corrected chi connectivity index (χ3v) is 2.03. The fraction of sp³-hybridized carbons (Fsp3) is 0.500. The Morgan fingerprint density at radius 2 is 2.38 bits per heavy atom. The zero-order valence-corrected chi connectivity index (χ0v) is 8.19. The van der Waals surface area contributed by atoms with E-state index in [4.69, 9.17) is 5.11 Å². The van der Waals surface area contributed by atoms with Crippen LogP contribution in [0.4, 0.5) is 5.13 Å². The molecular formula is C8H11N3OS. The molecule has 13 heavy (non-hydrogen) atoms. The number of hydrogen-bond acceptors (Lipinski definition) is 5. The predicted octanol–water partition coefficient (Wildman–Crippen LogP) is 0.508. The summed E-state index contributed by atoms with van der Waals surface area (Å²) in [6.45, 7) is 2.41. The van der Waals surface area contributed by atoms with E-state index in [1.165, 1.54) is 11.5 Å². The second kappa shape index (κ2) is 5.51. The fourth-order valence-electron chi connectivity index (χ4n) is 0.708. The van der Waals surface area contributed by atoms with Crippen molar-refractivity contribution in [1.29, 1.82) is 0 Å². The van der Waals surface area contributed by atoms with Crippen molar-refractivity contribution in [2.75, 3.05) is 18.5 Å². The number of anilines is 1. The smallest absolute Gasteiger partial charge is 0.203 e. The van der Waals surface area contributed by atoms with E-state index in [2.05, 4.69) is 26.5 Å². The summed E-state index contributed by atoms with van der Waals surface area (Å²) in [5.41, 5.74) is 0. The number of nitrogens with one attached hydrogen (secondary N) is 1. The summed E-state index contributed by atoms with van der Waals surface area (Å²) in [5, 5.41) is 12.2. The summed E-state index contributed by atoms with van der Waals surface area (Å²) in [4.78, 5) is 4.19. The number of aliphatic hydroxyl groups excluding tert-OH is 1. The summed E-state index contributed by atoms with van der Waals surface area (Å²) in [5.74, 6) is 6.13. The Hall–Kier alpha value is -1.12. The molecule has 0 aliphatic rings. The van der Waals surface area contributed by atoms with Crippen molar-refractivity contribution in [3.63, 3.8) is 0 Å². The lowest BCUT2D eigenvalue weighted by atomic mass is 10.5. The second-order valence-electron chi connectivity index (χ2n) is 2.23. The molecule has 1 heterocycles. The minimum atomic E-state index is -0.0992. The number of aryl methyl sites for hydroxylation is 1. The number of nitrogens with zero attached hydrogens (tertiary/aromatic N) is 2. The molecule has 0 radical (unpaired) electrons. The van der Waals surface area contributed by atoms with E-state index in [1.54, 1.807) is 0 Å². The zero-order chi connectivity index (χ0) is 9.52. The molecule has 70 valence electrons. The van der Waals surface area contributed by atoms with Gasteiger partial charge in [0.25, 0.3) is 0 Å². The van der Waals surface area contributed by atoms with Crippen molar-refractivity contribution < 1.29 is 5.11 Å². The van der Waals surface area contributed by atoms with Gasteiger partial charge in [-0.25, -0.2) is 4.98 Å². The molecule has 0 spiro atoms. The highest BCUT2D eigenvalue weighted by Gasteiger charge is 1.98. The number of aromatic nitrogens is 2. The maximum atomic E-state index is 8.38. The largest absolute Gasteiger partial charge is 0.384 e.